The van der Waals surface area contributed by atoms with Crippen molar-refractivity contribution in [1.82, 2.24) is 5.32 Å². The van der Waals surface area contributed by atoms with Gasteiger partial charge in [0.15, 0.2) is 11.5 Å². The summed E-state index contributed by atoms with van der Waals surface area (Å²) in [6, 6.07) is -2.84. The van der Waals surface area contributed by atoms with E-state index in [-0.39, 0.29) is 0 Å². The van der Waals surface area contributed by atoms with Crippen LogP contribution in [0.15, 0.2) is 18.1 Å². The van der Waals surface area contributed by atoms with Crippen LogP contribution in [-0.2, 0) is 4.79 Å². The van der Waals surface area contributed by atoms with Crippen molar-refractivity contribution in [1.29, 1.82) is 0 Å². The van der Waals surface area contributed by atoms with Crippen molar-refractivity contribution < 1.29 is 34.8 Å². The van der Waals surface area contributed by atoms with Crippen LogP contribution < -0.4 is 14.8 Å². The normalized spacial score (nSPS) is 48.2. The molecule has 1 aromatic rings. The highest BCUT2D eigenvalue weighted by Gasteiger charge is 2.25. The molecule has 1 saturated heterocycles. The monoisotopic (exact) mass is 290 g/mol. The van der Waals surface area contributed by atoms with Crippen LogP contribution in [0.4, 0.5) is 0 Å². The first-order chi connectivity index (χ1) is 15.5. The van der Waals surface area contributed by atoms with Crippen LogP contribution in [0.5, 0.6) is 11.5 Å². The lowest BCUT2D eigenvalue weighted by Gasteiger charge is -2.18. The van der Waals surface area contributed by atoms with E-state index in [9.17, 15) is 4.79 Å². The maximum atomic E-state index is 11.8. The molecule has 1 aliphatic heterocycles. The van der Waals surface area contributed by atoms with E-state index in [0.29, 0.717) is 0 Å². The molecule has 4 heteroatoms. The molecule has 0 bridgehead atoms. The Bertz CT molecular complexity index is 1040. The molecule has 0 spiro atoms. The lowest BCUT2D eigenvalue weighted by Crippen LogP contribution is -2.14. The molecular weight excluding hydrogens is 254 g/mol. The van der Waals surface area contributed by atoms with E-state index in [4.69, 9.17) is 30.0 Å². The highest BCUT2D eigenvalue weighted by molar-refractivity contribution is 5.79. The third-order valence-electron chi connectivity index (χ3n) is 2.78. The zero-order valence-electron chi connectivity index (χ0n) is 25.2. The van der Waals surface area contributed by atoms with E-state index >= 15 is 0 Å². The molecule has 1 unspecified atom stereocenters. The van der Waals surface area contributed by atoms with Gasteiger partial charge in [-0.25, -0.2) is 0 Å². The fourth-order valence-corrected chi connectivity index (χ4v) is 1.83. The summed E-state index contributed by atoms with van der Waals surface area (Å²) in [5, 5.41) is 2.34. The number of rotatable bonds is 4. The Kier molecular flexibility index (Phi) is 1.26. The minimum absolute atomic E-state index is 0.391. The number of carbonyl (C=O) groups is 1. The third-order valence-corrected chi connectivity index (χ3v) is 2.78. The molecule has 2 aliphatic rings. The molecule has 1 aliphatic carbocycles. The van der Waals surface area contributed by atoms with E-state index in [1.165, 1.54) is 0 Å². The molecule has 20 heavy (non-hydrogen) atoms. The smallest absolute Gasteiger partial charge is 0.220 e. The summed E-state index contributed by atoms with van der Waals surface area (Å²) in [6.07, 6.45) is -16.8. The summed E-state index contributed by atoms with van der Waals surface area (Å²) in [4.78, 5) is 11.8. The minimum Gasteiger partial charge on any atom is -0.493 e. The Labute approximate surface area is 140 Å². The number of ether oxygens (including phenoxy) is 2. The van der Waals surface area contributed by atoms with Crippen LogP contribution in [-0.4, -0.2) is 25.6 Å². The van der Waals surface area contributed by atoms with Gasteiger partial charge in [-0.1, -0.05) is 6.04 Å². The summed E-state index contributed by atoms with van der Waals surface area (Å²) in [5.41, 5.74) is -0.584. The predicted molar refractivity (Wildman–Crippen MR) is 76.2 cm³/mol. The predicted octanol–water partition coefficient (Wildman–Crippen LogP) is 2.62. The summed E-state index contributed by atoms with van der Waals surface area (Å²) >= 11 is 0. The zero-order chi connectivity index (χ0) is 27.2. The van der Waals surface area contributed by atoms with Gasteiger partial charge in [0.1, 0.15) is 0 Å². The second-order valence-corrected chi connectivity index (χ2v) is 4.10. The van der Waals surface area contributed by atoms with Crippen LogP contribution in [0.1, 0.15) is 63.9 Å². The Balaban J connectivity index is 2.30. The van der Waals surface area contributed by atoms with Gasteiger partial charge in [-0.15, -0.1) is 0 Å². The first-order valence-electron chi connectivity index (χ1n) is 13.3. The Morgan fingerprint density at radius 1 is 1.45 bits per heavy atom. The quantitative estimate of drug-likeness (QED) is 0.927. The van der Waals surface area contributed by atoms with Gasteiger partial charge in [-0.2, -0.15) is 0 Å². The van der Waals surface area contributed by atoms with E-state index in [2.05, 4.69) is 5.32 Å². The number of hydrogen-bond donors (Lipinski definition) is 1. The highest BCUT2D eigenvalue weighted by atomic mass is 16.5. The van der Waals surface area contributed by atoms with Crippen molar-refractivity contribution in [2.24, 2.45) is 0 Å². The molecule has 2 fully saturated rings. The Morgan fingerprint density at radius 2 is 2.30 bits per heavy atom. The second kappa shape index (κ2) is 5.73. The summed E-state index contributed by atoms with van der Waals surface area (Å²) in [7, 11) is -3.28. The fourth-order valence-electron chi connectivity index (χ4n) is 1.83. The number of carbonyl (C=O) groups excluding carboxylic acids is 1. The van der Waals surface area contributed by atoms with Crippen LogP contribution in [0.2, 0.25) is 0 Å². The molecule has 1 atom stereocenters. The zero-order valence-corrected chi connectivity index (χ0v) is 10.2. The lowest BCUT2D eigenvalue weighted by atomic mass is 9.98. The van der Waals surface area contributed by atoms with Crippen molar-refractivity contribution >= 4 is 5.91 Å². The topological polar surface area (TPSA) is 47.6 Å². The molecule has 0 aromatic heterocycles. The largest absolute Gasteiger partial charge is 0.493 e. The average Bonchev–Trinajstić information content (AvgIpc) is 3.05. The number of hydrogen-bond acceptors (Lipinski definition) is 3. The maximum absolute atomic E-state index is 11.8. The van der Waals surface area contributed by atoms with Crippen molar-refractivity contribution in [2.75, 3.05) is 13.6 Å². The number of nitrogens with one attached hydrogen (secondary N) is 1. The van der Waals surface area contributed by atoms with Gasteiger partial charge in [-0.05, 0) is 43.1 Å². The SMILES string of the molecule is [2H]c1c([2H])c(C2([2H])CNC(=O)C2)c([2H])c(OC2C([2H])([2H])C([2H])([2H])C([2H])([2H])C2([2H])[2H])c1OC([2H])([2H])[2H]. The van der Waals surface area contributed by atoms with E-state index in [0.717, 1.165) is 0 Å². The van der Waals surface area contributed by atoms with Gasteiger partial charge in [-0.3, -0.25) is 4.79 Å². The van der Waals surface area contributed by atoms with Gasteiger partial charge >= 0.3 is 0 Å². The molecule has 108 valence electrons. The van der Waals surface area contributed by atoms with Crippen LogP contribution >= 0.6 is 0 Å². The van der Waals surface area contributed by atoms with Crippen molar-refractivity contribution in [2.45, 2.75) is 43.9 Å². The summed E-state index contributed by atoms with van der Waals surface area (Å²) < 4.78 is 130. The van der Waals surface area contributed by atoms with Crippen molar-refractivity contribution in [3.05, 3.63) is 23.7 Å². The molecular formula is C16H21NO3. The molecule has 0 radical (unpaired) electrons. The molecule has 1 aromatic carbocycles. The van der Waals surface area contributed by atoms with Gasteiger partial charge < -0.3 is 14.8 Å². The van der Waals surface area contributed by atoms with Gasteiger partial charge in [0.05, 0.1) is 21.4 Å². The van der Waals surface area contributed by atoms with Gasteiger partial charge in [0, 0.05) is 31.2 Å². The molecule has 3 rings (SSSR count). The minimum atomic E-state index is -3.46. The van der Waals surface area contributed by atoms with Crippen molar-refractivity contribution in [3.63, 3.8) is 0 Å². The summed E-state index contributed by atoms with van der Waals surface area (Å²) in [5.74, 6) is -4.78. The van der Waals surface area contributed by atoms with Crippen molar-refractivity contribution in [3.8, 4) is 11.5 Å². The molecule has 1 heterocycles. The first-order valence-corrected chi connectivity index (χ1v) is 5.79. The fraction of sp³-hybridized carbons (Fsp3) is 0.562. The number of amides is 1. The maximum Gasteiger partial charge on any atom is 0.220 e. The first kappa shape index (κ1) is 4.39. The Hall–Kier alpha value is -1.71. The molecule has 1 N–H and O–H groups in total. The summed E-state index contributed by atoms with van der Waals surface area (Å²) in [6.45, 7) is -0.391. The van der Waals surface area contributed by atoms with Gasteiger partial charge in [0.2, 0.25) is 5.91 Å². The lowest BCUT2D eigenvalue weighted by molar-refractivity contribution is -0.119. The second-order valence-electron chi connectivity index (χ2n) is 4.10. The van der Waals surface area contributed by atoms with Crippen LogP contribution in [0.3, 0.4) is 0 Å². The van der Waals surface area contributed by atoms with Gasteiger partial charge in [0.25, 0.3) is 0 Å². The van der Waals surface area contributed by atoms with Crippen LogP contribution in [0, 0.1) is 0 Å². The molecule has 4 nitrogen and oxygen atoms in total. The highest BCUT2D eigenvalue weighted by Crippen LogP contribution is 2.35. The standard InChI is InChI=1S/C16H21NO3/c1-19-14-7-6-11(12-9-16(18)17-10-12)8-15(14)20-13-4-2-3-5-13/h6-8,12-13H,2-5,9-10H2,1H3,(H,17,18)/i1D3,2D2,3D2,4D2,5D2,6D,7D,8D,12D. The van der Waals surface area contributed by atoms with E-state index < -0.39 is 98.6 Å². The number of methoxy groups -OCH3 is 1. The molecule has 1 amide bonds. The average molecular weight is 290 g/mol. The van der Waals surface area contributed by atoms with E-state index in [1.807, 2.05) is 0 Å². The number of benzene rings is 1. The Morgan fingerprint density at radius 3 is 3.00 bits per heavy atom. The third kappa shape index (κ3) is 2.74. The van der Waals surface area contributed by atoms with Crippen LogP contribution in [0.25, 0.3) is 0 Å². The molecule has 1 saturated carbocycles. The van der Waals surface area contributed by atoms with E-state index in [1.54, 1.807) is 0 Å².